The number of aromatic nitrogens is 2. The van der Waals surface area contributed by atoms with Gasteiger partial charge in [0.25, 0.3) is 10.0 Å². The molecule has 0 bridgehead atoms. The predicted molar refractivity (Wildman–Crippen MR) is 121 cm³/mol. The van der Waals surface area contributed by atoms with E-state index in [0.717, 1.165) is 11.6 Å². The van der Waals surface area contributed by atoms with Crippen LogP contribution < -0.4 is 10.1 Å². The minimum atomic E-state index is -4.90. The van der Waals surface area contributed by atoms with Crippen LogP contribution in [0.5, 0.6) is 5.75 Å². The van der Waals surface area contributed by atoms with Gasteiger partial charge in [-0.2, -0.15) is 4.31 Å². The minimum Gasteiger partial charge on any atom is -0.404 e. The van der Waals surface area contributed by atoms with Gasteiger partial charge in [-0.1, -0.05) is 23.7 Å². The van der Waals surface area contributed by atoms with E-state index in [4.69, 9.17) is 11.6 Å². The van der Waals surface area contributed by atoms with Gasteiger partial charge in [0.05, 0.1) is 11.3 Å². The summed E-state index contributed by atoms with van der Waals surface area (Å²) >= 11 is 5.81. The second-order valence-electron chi connectivity index (χ2n) is 8.19. The molecular formula is C22H21ClF4N4O3S. The van der Waals surface area contributed by atoms with Gasteiger partial charge in [0, 0.05) is 50.6 Å². The van der Waals surface area contributed by atoms with Crippen LogP contribution in [0.25, 0.3) is 0 Å². The lowest BCUT2D eigenvalue weighted by Gasteiger charge is -2.20. The van der Waals surface area contributed by atoms with Crippen molar-refractivity contribution in [2.45, 2.75) is 17.3 Å². The number of sulfonamides is 1. The zero-order chi connectivity index (χ0) is 25.4. The van der Waals surface area contributed by atoms with Gasteiger partial charge in [-0.05, 0) is 35.7 Å². The molecule has 0 radical (unpaired) electrons. The molecule has 3 aromatic rings. The molecule has 4 rings (SSSR count). The van der Waals surface area contributed by atoms with Crippen molar-refractivity contribution in [3.63, 3.8) is 0 Å². The third-order valence-electron chi connectivity index (χ3n) is 5.72. The summed E-state index contributed by atoms with van der Waals surface area (Å²) in [5.41, 5.74) is 1.06. The van der Waals surface area contributed by atoms with E-state index in [1.54, 1.807) is 19.2 Å². The molecule has 0 spiro atoms. The third-order valence-corrected chi connectivity index (χ3v) is 7.75. The smallest absolute Gasteiger partial charge is 0.404 e. The van der Waals surface area contributed by atoms with Crippen molar-refractivity contribution in [1.29, 1.82) is 0 Å². The van der Waals surface area contributed by atoms with Crippen LogP contribution in [0.15, 0.2) is 60.0 Å². The van der Waals surface area contributed by atoms with Crippen LogP contribution in [0.2, 0.25) is 5.02 Å². The summed E-state index contributed by atoms with van der Waals surface area (Å²) in [6, 6.07) is 9.69. The highest BCUT2D eigenvalue weighted by Gasteiger charge is 2.41. The second-order valence-corrected chi connectivity index (χ2v) is 10.5. The van der Waals surface area contributed by atoms with E-state index in [2.05, 4.69) is 15.0 Å². The fraction of sp³-hybridized carbons (Fsp3) is 0.318. The Labute approximate surface area is 204 Å². The molecule has 1 aromatic heterocycles. The molecule has 35 heavy (non-hydrogen) atoms. The van der Waals surface area contributed by atoms with Crippen LogP contribution >= 0.6 is 11.6 Å². The Kier molecular flexibility index (Phi) is 6.98. The summed E-state index contributed by atoms with van der Waals surface area (Å²) in [5, 5.41) is 2.76. The fourth-order valence-corrected chi connectivity index (χ4v) is 5.69. The molecule has 2 aromatic carbocycles. The lowest BCUT2D eigenvalue weighted by atomic mass is 9.89. The zero-order valence-electron chi connectivity index (χ0n) is 18.3. The summed E-state index contributed by atoms with van der Waals surface area (Å²) in [5.74, 6) is -1.54. The van der Waals surface area contributed by atoms with E-state index in [-0.39, 0.29) is 41.5 Å². The molecule has 0 unspecified atom stereocenters. The maximum Gasteiger partial charge on any atom is 0.573 e. The average Bonchev–Trinajstić information content (AvgIpc) is 3.41. The first-order valence-electron chi connectivity index (χ1n) is 10.4. The number of ether oxygens (including phenoxy) is 1. The number of rotatable bonds is 7. The summed E-state index contributed by atoms with van der Waals surface area (Å²) in [6.07, 6.45) is -2.11. The van der Waals surface area contributed by atoms with Gasteiger partial charge >= 0.3 is 6.36 Å². The van der Waals surface area contributed by atoms with Crippen molar-refractivity contribution in [3.8, 4) is 5.75 Å². The molecule has 1 N–H and O–H groups in total. The molecule has 0 aliphatic carbocycles. The first-order chi connectivity index (χ1) is 16.4. The highest BCUT2D eigenvalue weighted by molar-refractivity contribution is 7.89. The van der Waals surface area contributed by atoms with Crippen molar-refractivity contribution in [2.24, 2.45) is 13.0 Å². The van der Waals surface area contributed by atoms with Gasteiger partial charge in [-0.15, -0.1) is 13.2 Å². The number of aryl methyl sites for hydroxylation is 1. The number of hydrogen-bond donors (Lipinski definition) is 1. The summed E-state index contributed by atoms with van der Waals surface area (Å²) in [4.78, 5) is 3.96. The maximum atomic E-state index is 13.5. The number of nitrogens with one attached hydrogen (secondary N) is 1. The SMILES string of the molecule is Cn1cnc(S(=O)(=O)N2C[C@H](CNc3ccc(Cl)c(OC(F)(F)F)c3)[C@@H](c3ccc(F)cc3)C2)c1. The van der Waals surface area contributed by atoms with Gasteiger partial charge in [-0.25, -0.2) is 17.8 Å². The quantitative estimate of drug-likeness (QED) is 0.449. The molecule has 1 saturated heterocycles. The largest absolute Gasteiger partial charge is 0.573 e. The van der Waals surface area contributed by atoms with E-state index in [1.807, 2.05) is 0 Å². The third kappa shape index (κ3) is 5.88. The predicted octanol–water partition coefficient (Wildman–Crippen LogP) is 4.63. The van der Waals surface area contributed by atoms with Gasteiger partial charge in [0.2, 0.25) is 0 Å². The Balaban J connectivity index is 1.56. The summed E-state index contributed by atoms with van der Waals surface area (Å²) < 4.78 is 84.5. The minimum absolute atomic E-state index is 0.0851. The highest BCUT2D eigenvalue weighted by Crippen LogP contribution is 2.37. The number of nitrogens with zero attached hydrogens (tertiary/aromatic N) is 3. The number of imidazole rings is 1. The topological polar surface area (TPSA) is 76.5 Å². The monoisotopic (exact) mass is 532 g/mol. The van der Waals surface area contributed by atoms with Crippen molar-refractivity contribution < 1.29 is 30.7 Å². The maximum absolute atomic E-state index is 13.5. The highest BCUT2D eigenvalue weighted by atomic mass is 35.5. The molecule has 1 fully saturated rings. The lowest BCUT2D eigenvalue weighted by molar-refractivity contribution is -0.274. The van der Waals surface area contributed by atoms with Crippen LogP contribution in [0.1, 0.15) is 11.5 Å². The van der Waals surface area contributed by atoms with Gasteiger partial charge in [-0.3, -0.25) is 0 Å². The van der Waals surface area contributed by atoms with Crippen molar-refractivity contribution in [1.82, 2.24) is 13.9 Å². The molecule has 0 saturated carbocycles. The lowest BCUT2D eigenvalue weighted by Crippen LogP contribution is -2.30. The van der Waals surface area contributed by atoms with Crippen molar-refractivity contribution in [3.05, 3.63) is 71.4 Å². The fourth-order valence-electron chi connectivity index (χ4n) is 4.04. The van der Waals surface area contributed by atoms with Gasteiger partial charge in [0.15, 0.2) is 5.03 Å². The van der Waals surface area contributed by atoms with Crippen LogP contribution in [-0.2, 0) is 17.1 Å². The average molecular weight is 533 g/mol. The summed E-state index contributed by atoms with van der Waals surface area (Å²) in [6.45, 7) is 0.497. The Morgan fingerprint density at radius 1 is 1.17 bits per heavy atom. The molecule has 1 aliphatic rings. The molecule has 2 atom stereocenters. The number of anilines is 1. The van der Waals surface area contributed by atoms with E-state index < -0.39 is 28.0 Å². The Hall–Kier alpha value is -2.83. The van der Waals surface area contributed by atoms with Gasteiger partial charge < -0.3 is 14.6 Å². The van der Waals surface area contributed by atoms with Crippen LogP contribution in [0.4, 0.5) is 23.2 Å². The van der Waals surface area contributed by atoms with Crippen LogP contribution in [0.3, 0.4) is 0 Å². The molecule has 188 valence electrons. The van der Waals surface area contributed by atoms with Crippen molar-refractivity contribution in [2.75, 3.05) is 25.0 Å². The van der Waals surface area contributed by atoms with E-state index in [0.29, 0.717) is 5.69 Å². The molecule has 13 heteroatoms. The van der Waals surface area contributed by atoms with E-state index in [1.165, 1.54) is 45.7 Å². The Bertz CT molecular complexity index is 1300. The van der Waals surface area contributed by atoms with Crippen molar-refractivity contribution >= 4 is 27.3 Å². The van der Waals surface area contributed by atoms with Crippen LogP contribution in [-0.4, -0.2) is 48.3 Å². The molecule has 0 amide bonds. The van der Waals surface area contributed by atoms with Crippen LogP contribution in [0, 0.1) is 11.7 Å². The first kappa shape index (κ1) is 25.3. The summed E-state index contributed by atoms with van der Waals surface area (Å²) in [7, 11) is -2.22. The number of benzene rings is 2. The van der Waals surface area contributed by atoms with Gasteiger partial charge in [0.1, 0.15) is 11.6 Å². The molecule has 7 nitrogen and oxygen atoms in total. The number of alkyl halides is 3. The molecule has 2 heterocycles. The number of halogens is 5. The molecule has 1 aliphatic heterocycles. The van der Waals surface area contributed by atoms with E-state index >= 15 is 0 Å². The number of hydrogen-bond acceptors (Lipinski definition) is 5. The normalized spacial score (nSPS) is 19.1. The molecular weight excluding hydrogens is 512 g/mol. The second kappa shape index (κ2) is 9.67. The Morgan fingerprint density at radius 3 is 2.51 bits per heavy atom. The first-order valence-corrected chi connectivity index (χ1v) is 12.3. The Morgan fingerprint density at radius 2 is 1.89 bits per heavy atom. The van der Waals surface area contributed by atoms with E-state index in [9.17, 15) is 26.0 Å². The standard InChI is InChI=1S/C22H21ClF4N4O3S/c1-30-12-21(29-13-30)35(32,33)31-10-15(18(11-31)14-2-4-16(24)5-3-14)9-28-17-6-7-19(23)20(8-17)34-22(25,26)27/h2-8,12-13,15,18,28H,9-11H2,1H3/t15-,18+/m0/s1. The zero-order valence-corrected chi connectivity index (χ0v) is 19.9.